The summed E-state index contributed by atoms with van der Waals surface area (Å²) in [6.07, 6.45) is 0.817. The second-order valence-corrected chi connectivity index (χ2v) is 5.56. The summed E-state index contributed by atoms with van der Waals surface area (Å²) in [6.45, 7) is 2.18. The van der Waals surface area contributed by atoms with Crippen molar-refractivity contribution < 1.29 is 5.21 Å². The van der Waals surface area contributed by atoms with Crippen LogP contribution in [0.5, 0.6) is 0 Å². The first-order valence-corrected chi connectivity index (χ1v) is 6.95. The molecular formula is C18H15NO. The number of nitrogens with zero attached hydrogens (tertiary/aromatic N) is 1. The molecule has 1 atom stereocenters. The third-order valence-corrected chi connectivity index (χ3v) is 4.40. The molecule has 1 N–H and O–H groups in total. The minimum absolute atomic E-state index is 0.423. The second kappa shape index (κ2) is 4.07. The van der Waals surface area contributed by atoms with Crippen LogP contribution in [0.2, 0.25) is 0 Å². The molecule has 3 aromatic carbocycles. The quantitative estimate of drug-likeness (QED) is 0.356. The van der Waals surface area contributed by atoms with Gasteiger partial charge in [0.2, 0.25) is 0 Å². The van der Waals surface area contributed by atoms with Crippen LogP contribution in [0.3, 0.4) is 0 Å². The molecule has 3 aromatic rings. The minimum atomic E-state index is 0.423. The van der Waals surface area contributed by atoms with Crippen molar-refractivity contribution in [3.63, 3.8) is 0 Å². The van der Waals surface area contributed by atoms with Crippen LogP contribution >= 0.6 is 0 Å². The highest BCUT2D eigenvalue weighted by atomic mass is 16.4. The van der Waals surface area contributed by atoms with Gasteiger partial charge in [0.15, 0.2) is 0 Å². The van der Waals surface area contributed by atoms with E-state index in [4.69, 9.17) is 0 Å². The molecule has 0 aliphatic heterocycles. The fraction of sp³-hybridized carbons (Fsp3) is 0.167. The summed E-state index contributed by atoms with van der Waals surface area (Å²) < 4.78 is 0. The largest absolute Gasteiger partial charge is 0.411 e. The second-order valence-electron chi connectivity index (χ2n) is 5.56. The molecule has 20 heavy (non-hydrogen) atoms. The molecule has 0 radical (unpaired) electrons. The van der Waals surface area contributed by atoms with Crippen molar-refractivity contribution >= 4 is 27.3 Å². The molecule has 0 spiro atoms. The fourth-order valence-corrected chi connectivity index (χ4v) is 3.43. The Balaban J connectivity index is 2.18. The average molecular weight is 261 g/mol. The average Bonchev–Trinajstić information content (AvgIpc) is 2.83. The Morgan fingerprint density at radius 2 is 1.75 bits per heavy atom. The van der Waals surface area contributed by atoms with Gasteiger partial charge in [-0.2, -0.15) is 0 Å². The third kappa shape index (κ3) is 1.42. The Morgan fingerprint density at radius 1 is 0.950 bits per heavy atom. The van der Waals surface area contributed by atoms with Crippen LogP contribution in [0.25, 0.3) is 21.5 Å². The number of oxime groups is 1. The van der Waals surface area contributed by atoms with Crippen LogP contribution in [-0.2, 0) is 0 Å². The lowest BCUT2D eigenvalue weighted by Gasteiger charge is -2.09. The third-order valence-electron chi connectivity index (χ3n) is 4.40. The molecule has 0 saturated heterocycles. The topological polar surface area (TPSA) is 32.6 Å². The van der Waals surface area contributed by atoms with Crippen molar-refractivity contribution in [3.05, 3.63) is 59.7 Å². The van der Waals surface area contributed by atoms with Gasteiger partial charge in [0.05, 0.1) is 5.71 Å². The van der Waals surface area contributed by atoms with E-state index in [1.54, 1.807) is 0 Å². The molecule has 0 aromatic heterocycles. The van der Waals surface area contributed by atoms with Crippen LogP contribution in [0.1, 0.15) is 30.4 Å². The van der Waals surface area contributed by atoms with Crippen molar-refractivity contribution in [1.82, 2.24) is 0 Å². The van der Waals surface area contributed by atoms with E-state index in [0.29, 0.717) is 5.92 Å². The van der Waals surface area contributed by atoms with E-state index in [9.17, 15) is 5.21 Å². The summed E-state index contributed by atoms with van der Waals surface area (Å²) in [5.74, 6) is 0.423. The van der Waals surface area contributed by atoms with Crippen LogP contribution in [0, 0.1) is 0 Å². The molecule has 0 heterocycles. The van der Waals surface area contributed by atoms with Gasteiger partial charge in [-0.3, -0.25) is 0 Å². The predicted molar refractivity (Wildman–Crippen MR) is 82.8 cm³/mol. The van der Waals surface area contributed by atoms with E-state index in [1.165, 1.54) is 27.1 Å². The summed E-state index contributed by atoms with van der Waals surface area (Å²) in [5, 5.41) is 17.7. The molecule has 0 fully saturated rings. The first-order valence-electron chi connectivity index (χ1n) is 6.95. The van der Waals surface area contributed by atoms with Crippen molar-refractivity contribution in [3.8, 4) is 0 Å². The van der Waals surface area contributed by atoms with E-state index in [2.05, 4.69) is 60.6 Å². The normalized spacial score (nSPS) is 19.9. The standard InChI is InChI=1S/C18H15NO/c1-11-10-17(19-20)18-13(11)8-9-15-14-5-3-2-4-12(14)6-7-16(15)18/h2-9,11,20H,10H2,1H3/b19-17+. The number of benzene rings is 3. The van der Waals surface area contributed by atoms with Gasteiger partial charge in [-0.1, -0.05) is 60.6 Å². The fourth-order valence-electron chi connectivity index (χ4n) is 3.43. The Morgan fingerprint density at radius 3 is 2.60 bits per heavy atom. The van der Waals surface area contributed by atoms with E-state index in [-0.39, 0.29) is 0 Å². The van der Waals surface area contributed by atoms with E-state index in [0.717, 1.165) is 17.7 Å². The Kier molecular flexibility index (Phi) is 2.34. The van der Waals surface area contributed by atoms with Gasteiger partial charge in [-0.25, -0.2) is 0 Å². The molecular weight excluding hydrogens is 246 g/mol. The van der Waals surface area contributed by atoms with Crippen molar-refractivity contribution in [2.24, 2.45) is 5.16 Å². The van der Waals surface area contributed by atoms with Gasteiger partial charge in [-0.05, 0) is 33.0 Å². The monoisotopic (exact) mass is 261 g/mol. The molecule has 1 aliphatic carbocycles. The van der Waals surface area contributed by atoms with Crippen LogP contribution < -0.4 is 0 Å². The first kappa shape index (κ1) is 11.5. The summed E-state index contributed by atoms with van der Waals surface area (Å²) in [4.78, 5) is 0. The number of hydrogen-bond acceptors (Lipinski definition) is 2. The van der Waals surface area contributed by atoms with Gasteiger partial charge in [-0.15, -0.1) is 0 Å². The van der Waals surface area contributed by atoms with Crippen molar-refractivity contribution in [1.29, 1.82) is 0 Å². The lowest BCUT2D eigenvalue weighted by molar-refractivity contribution is 0.318. The van der Waals surface area contributed by atoms with Gasteiger partial charge in [0, 0.05) is 12.0 Å². The van der Waals surface area contributed by atoms with Gasteiger partial charge >= 0.3 is 0 Å². The lowest BCUT2D eigenvalue weighted by Crippen LogP contribution is -1.95. The zero-order chi connectivity index (χ0) is 13.7. The minimum Gasteiger partial charge on any atom is -0.411 e. The molecule has 1 unspecified atom stereocenters. The Bertz CT molecular complexity index is 864. The van der Waals surface area contributed by atoms with E-state index >= 15 is 0 Å². The Labute approximate surface area is 117 Å². The molecule has 1 aliphatic rings. The predicted octanol–water partition coefficient (Wildman–Crippen LogP) is 4.68. The zero-order valence-corrected chi connectivity index (χ0v) is 11.3. The van der Waals surface area contributed by atoms with Gasteiger partial charge < -0.3 is 5.21 Å². The van der Waals surface area contributed by atoms with E-state index in [1.807, 2.05) is 0 Å². The molecule has 2 heteroatoms. The van der Waals surface area contributed by atoms with Gasteiger partial charge in [0.25, 0.3) is 0 Å². The van der Waals surface area contributed by atoms with Crippen molar-refractivity contribution in [2.75, 3.05) is 0 Å². The smallest absolute Gasteiger partial charge is 0.0882 e. The zero-order valence-electron chi connectivity index (χ0n) is 11.3. The summed E-state index contributed by atoms with van der Waals surface area (Å²) >= 11 is 0. The van der Waals surface area contributed by atoms with Crippen LogP contribution in [-0.4, -0.2) is 10.9 Å². The maximum absolute atomic E-state index is 9.29. The number of hydrogen-bond donors (Lipinski definition) is 1. The maximum Gasteiger partial charge on any atom is 0.0882 e. The molecule has 0 bridgehead atoms. The number of rotatable bonds is 0. The SMILES string of the molecule is CC1C/C(=N\O)c2c1ccc1c2ccc2ccccc21. The van der Waals surface area contributed by atoms with E-state index < -0.39 is 0 Å². The molecule has 2 nitrogen and oxygen atoms in total. The molecule has 0 amide bonds. The maximum atomic E-state index is 9.29. The highest BCUT2D eigenvalue weighted by Crippen LogP contribution is 2.39. The van der Waals surface area contributed by atoms with Gasteiger partial charge in [0.1, 0.15) is 0 Å². The molecule has 0 saturated carbocycles. The van der Waals surface area contributed by atoms with Crippen molar-refractivity contribution in [2.45, 2.75) is 19.3 Å². The summed E-state index contributed by atoms with van der Waals surface area (Å²) in [5.41, 5.74) is 3.23. The highest BCUT2D eigenvalue weighted by molar-refractivity contribution is 6.19. The summed E-state index contributed by atoms with van der Waals surface area (Å²) in [7, 11) is 0. The molecule has 98 valence electrons. The summed E-state index contributed by atoms with van der Waals surface area (Å²) in [6, 6.07) is 17.1. The Hall–Kier alpha value is -2.35. The lowest BCUT2D eigenvalue weighted by atomic mass is 9.94. The highest BCUT2D eigenvalue weighted by Gasteiger charge is 2.27. The van der Waals surface area contributed by atoms with Crippen LogP contribution in [0.15, 0.2) is 53.7 Å². The number of fused-ring (bicyclic) bond motifs is 5. The first-order chi connectivity index (χ1) is 9.79. The van der Waals surface area contributed by atoms with Crippen LogP contribution in [0.4, 0.5) is 0 Å². The molecule has 4 rings (SSSR count).